The van der Waals surface area contributed by atoms with E-state index in [1.54, 1.807) is 10.6 Å². The van der Waals surface area contributed by atoms with Gasteiger partial charge in [-0.1, -0.05) is 0 Å². The molecule has 1 N–H and O–H groups in total. The first kappa shape index (κ1) is 7.85. The van der Waals surface area contributed by atoms with Crippen molar-refractivity contribution >= 4 is 11.0 Å². The molecule has 0 aromatic carbocycles. The lowest BCUT2D eigenvalue weighted by atomic mass is 10.2. The highest BCUT2D eigenvalue weighted by Gasteiger charge is 2.17. The predicted molar refractivity (Wildman–Crippen MR) is 55.6 cm³/mol. The van der Waals surface area contributed by atoms with E-state index in [-0.39, 0.29) is 5.56 Å². The zero-order valence-electron chi connectivity index (χ0n) is 8.13. The smallest absolute Gasteiger partial charge is 0.251 e. The van der Waals surface area contributed by atoms with Crippen molar-refractivity contribution in [3.63, 3.8) is 0 Å². The molecule has 72 valence electrons. The number of pyridine rings is 1. The number of nitrogens with zero attached hydrogens (tertiary/aromatic N) is 1. The highest BCUT2D eigenvalue weighted by atomic mass is 16.1. The molecule has 0 amide bonds. The number of aryl methyl sites for hydroxylation is 3. The van der Waals surface area contributed by atoms with Gasteiger partial charge in [0, 0.05) is 24.2 Å². The Morgan fingerprint density at radius 3 is 3.07 bits per heavy atom. The summed E-state index contributed by atoms with van der Waals surface area (Å²) in [5.41, 5.74) is 3.76. The summed E-state index contributed by atoms with van der Waals surface area (Å²) >= 11 is 0. The van der Waals surface area contributed by atoms with Crippen LogP contribution in [0.3, 0.4) is 0 Å². The molecule has 0 saturated heterocycles. The molecule has 0 radical (unpaired) electrons. The minimum atomic E-state index is 0.0532. The standard InChI is InChI=1S/C11H12N2O/c1-13-10(14)6-5-8-7-3-2-4-9(7)12-11(8)13/h5-6,12H,2-4H2,1H3. The quantitative estimate of drug-likeness (QED) is 0.666. The fourth-order valence-corrected chi connectivity index (χ4v) is 2.35. The highest BCUT2D eigenvalue weighted by Crippen LogP contribution is 2.28. The minimum Gasteiger partial charge on any atom is -0.344 e. The van der Waals surface area contributed by atoms with Crippen molar-refractivity contribution in [3.8, 4) is 0 Å². The lowest BCUT2D eigenvalue weighted by Gasteiger charge is -1.99. The van der Waals surface area contributed by atoms with Crippen LogP contribution in [-0.2, 0) is 19.9 Å². The lowest BCUT2D eigenvalue weighted by Crippen LogP contribution is -2.15. The summed E-state index contributed by atoms with van der Waals surface area (Å²) in [4.78, 5) is 14.8. The molecule has 0 spiro atoms. The van der Waals surface area contributed by atoms with Crippen molar-refractivity contribution in [2.75, 3.05) is 0 Å². The second-order valence-electron chi connectivity index (χ2n) is 3.93. The molecule has 2 heterocycles. The minimum absolute atomic E-state index is 0.0532. The number of aromatic amines is 1. The highest BCUT2D eigenvalue weighted by molar-refractivity contribution is 5.82. The molecule has 0 atom stereocenters. The maximum absolute atomic E-state index is 11.4. The van der Waals surface area contributed by atoms with E-state index >= 15 is 0 Å². The third kappa shape index (κ3) is 0.842. The van der Waals surface area contributed by atoms with Crippen molar-refractivity contribution in [2.24, 2.45) is 7.05 Å². The Balaban J connectivity index is 2.48. The van der Waals surface area contributed by atoms with E-state index in [2.05, 4.69) is 4.98 Å². The van der Waals surface area contributed by atoms with Gasteiger partial charge < -0.3 is 4.98 Å². The number of hydrogen-bond acceptors (Lipinski definition) is 1. The van der Waals surface area contributed by atoms with Gasteiger partial charge >= 0.3 is 0 Å². The monoisotopic (exact) mass is 188 g/mol. The van der Waals surface area contributed by atoms with Crippen LogP contribution in [0.2, 0.25) is 0 Å². The summed E-state index contributed by atoms with van der Waals surface area (Å²) in [6.07, 6.45) is 3.51. The van der Waals surface area contributed by atoms with Crippen LogP contribution in [-0.4, -0.2) is 9.55 Å². The third-order valence-electron chi connectivity index (χ3n) is 3.13. The van der Waals surface area contributed by atoms with E-state index in [4.69, 9.17) is 0 Å². The van der Waals surface area contributed by atoms with Crippen LogP contribution in [0.1, 0.15) is 17.7 Å². The Morgan fingerprint density at radius 2 is 2.21 bits per heavy atom. The van der Waals surface area contributed by atoms with Crippen LogP contribution in [0, 0.1) is 0 Å². The van der Waals surface area contributed by atoms with Gasteiger partial charge in [-0.3, -0.25) is 9.36 Å². The van der Waals surface area contributed by atoms with Crippen LogP contribution in [0.5, 0.6) is 0 Å². The third-order valence-corrected chi connectivity index (χ3v) is 3.13. The molecule has 14 heavy (non-hydrogen) atoms. The fourth-order valence-electron chi connectivity index (χ4n) is 2.35. The van der Waals surface area contributed by atoms with E-state index in [1.807, 2.05) is 13.1 Å². The summed E-state index contributed by atoms with van der Waals surface area (Å²) in [6, 6.07) is 3.59. The van der Waals surface area contributed by atoms with Crippen LogP contribution in [0.25, 0.3) is 11.0 Å². The molecule has 1 aliphatic carbocycles. The van der Waals surface area contributed by atoms with Gasteiger partial charge in [0.1, 0.15) is 5.65 Å². The van der Waals surface area contributed by atoms with Crippen molar-refractivity contribution in [2.45, 2.75) is 19.3 Å². The Bertz CT molecular complexity index is 562. The van der Waals surface area contributed by atoms with Gasteiger partial charge in [-0.2, -0.15) is 0 Å². The normalized spacial score (nSPS) is 14.9. The Hall–Kier alpha value is -1.51. The fraction of sp³-hybridized carbons (Fsp3) is 0.364. The number of H-pyrrole nitrogens is 1. The van der Waals surface area contributed by atoms with Gasteiger partial charge in [0.05, 0.1) is 0 Å². The molecule has 2 aromatic rings. The average Bonchev–Trinajstić information content (AvgIpc) is 2.71. The van der Waals surface area contributed by atoms with Gasteiger partial charge in [-0.15, -0.1) is 0 Å². The van der Waals surface area contributed by atoms with E-state index in [0.29, 0.717) is 0 Å². The van der Waals surface area contributed by atoms with Crippen molar-refractivity contribution in [1.82, 2.24) is 9.55 Å². The molecule has 0 fully saturated rings. The molecule has 0 saturated carbocycles. The van der Waals surface area contributed by atoms with E-state index in [0.717, 1.165) is 18.5 Å². The van der Waals surface area contributed by atoms with Crippen LogP contribution >= 0.6 is 0 Å². The van der Waals surface area contributed by atoms with E-state index < -0.39 is 0 Å². The summed E-state index contributed by atoms with van der Waals surface area (Å²) in [5.74, 6) is 0. The zero-order chi connectivity index (χ0) is 9.71. The van der Waals surface area contributed by atoms with E-state index in [1.165, 1.54) is 23.1 Å². The van der Waals surface area contributed by atoms with Gasteiger partial charge in [0.25, 0.3) is 5.56 Å². The first-order valence-electron chi connectivity index (χ1n) is 4.97. The molecular weight excluding hydrogens is 176 g/mol. The molecule has 2 aromatic heterocycles. The molecule has 3 rings (SSSR count). The zero-order valence-corrected chi connectivity index (χ0v) is 8.13. The number of aromatic nitrogens is 2. The van der Waals surface area contributed by atoms with Gasteiger partial charge in [-0.05, 0) is 30.9 Å². The number of nitrogens with one attached hydrogen (secondary N) is 1. The van der Waals surface area contributed by atoms with Crippen LogP contribution < -0.4 is 5.56 Å². The summed E-state index contributed by atoms with van der Waals surface area (Å²) in [6.45, 7) is 0. The van der Waals surface area contributed by atoms with Gasteiger partial charge in [0.15, 0.2) is 0 Å². The summed E-state index contributed by atoms with van der Waals surface area (Å²) in [7, 11) is 1.82. The molecule has 1 aliphatic rings. The number of fused-ring (bicyclic) bond motifs is 3. The van der Waals surface area contributed by atoms with Crippen molar-refractivity contribution in [3.05, 3.63) is 33.7 Å². The second kappa shape index (κ2) is 2.50. The SMILES string of the molecule is Cn1c(=O)ccc2c3c([nH]c21)CCC3. The van der Waals surface area contributed by atoms with Crippen molar-refractivity contribution < 1.29 is 0 Å². The maximum Gasteiger partial charge on any atom is 0.251 e. The van der Waals surface area contributed by atoms with Crippen LogP contribution in [0.4, 0.5) is 0 Å². The first-order chi connectivity index (χ1) is 6.77. The van der Waals surface area contributed by atoms with Crippen LogP contribution in [0.15, 0.2) is 16.9 Å². The van der Waals surface area contributed by atoms with Crippen molar-refractivity contribution in [1.29, 1.82) is 0 Å². The number of rotatable bonds is 0. The van der Waals surface area contributed by atoms with E-state index in [9.17, 15) is 4.79 Å². The Morgan fingerprint density at radius 1 is 1.36 bits per heavy atom. The maximum atomic E-state index is 11.4. The Labute approximate surface area is 81.4 Å². The predicted octanol–water partition coefficient (Wildman–Crippen LogP) is 1.36. The topological polar surface area (TPSA) is 37.8 Å². The molecular formula is C11H12N2O. The molecule has 0 bridgehead atoms. The number of hydrogen-bond donors (Lipinski definition) is 1. The average molecular weight is 188 g/mol. The summed E-state index contributed by atoms with van der Waals surface area (Å²) < 4.78 is 1.69. The molecule has 0 unspecified atom stereocenters. The first-order valence-corrected chi connectivity index (χ1v) is 4.97. The largest absolute Gasteiger partial charge is 0.344 e. The summed E-state index contributed by atoms with van der Waals surface area (Å²) in [5, 5.41) is 1.22. The Kier molecular flexibility index (Phi) is 1.40. The molecule has 0 aliphatic heterocycles. The van der Waals surface area contributed by atoms with Gasteiger partial charge in [-0.25, -0.2) is 0 Å². The van der Waals surface area contributed by atoms with Gasteiger partial charge in [0.2, 0.25) is 0 Å². The lowest BCUT2D eigenvalue weighted by molar-refractivity contribution is 0.866. The molecule has 3 nitrogen and oxygen atoms in total. The molecule has 3 heteroatoms. The second-order valence-corrected chi connectivity index (χ2v) is 3.93.